The van der Waals surface area contributed by atoms with E-state index in [9.17, 15) is 8.42 Å². The molecule has 4 aromatic rings. The van der Waals surface area contributed by atoms with Crippen molar-refractivity contribution in [3.05, 3.63) is 54.5 Å². The molecule has 1 atom stereocenters. The number of nitrogens with zero attached hydrogens (tertiary/aromatic N) is 7. The van der Waals surface area contributed by atoms with Crippen LogP contribution in [-0.2, 0) is 21.8 Å². The monoisotopic (exact) mass is 482 g/mol. The fraction of sp³-hybridized carbons (Fsp3) is 0.364. The largest absolute Gasteiger partial charge is 0.368 e. The van der Waals surface area contributed by atoms with Gasteiger partial charge in [-0.15, -0.1) is 0 Å². The van der Waals surface area contributed by atoms with E-state index in [0.717, 1.165) is 16.8 Å². The van der Waals surface area contributed by atoms with Crippen LogP contribution in [0.5, 0.6) is 0 Å². The molecule has 0 unspecified atom stereocenters. The molecule has 0 saturated carbocycles. The summed E-state index contributed by atoms with van der Waals surface area (Å²) in [4.78, 5) is 17.3. The zero-order valence-electron chi connectivity index (χ0n) is 19.4. The fourth-order valence-corrected chi connectivity index (χ4v) is 3.99. The minimum Gasteiger partial charge on any atom is -0.368 e. The molecule has 4 heterocycles. The Morgan fingerprint density at radius 3 is 2.44 bits per heavy atom. The van der Waals surface area contributed by atoms with Crippen LogP contribution < -0.4 is 5.73 Å². The van der Waals surface area contributed by atoms with Gasteiger partial charge in [0.05, 0.1) is 35.2 Å². The molecule has 4 aromatic heterocycles. The predicted octanol–water partition coefficient (Wildman–Crippen LogP) is 2.37. The highest BCUT2D eigenvalue weighted by atomic mass is 32.2. The number of hydrogen-bond donors (Lipinski definition) is 1. The number of aromatic nitrogens is 7. The van der Waals surface area contributed by atoms with Gasteiger partial charge in [-0.1, -0.05) is 25.1 Å². The number of pyridine rings is 1. The second-order valence-electron chi connectivity index (χ2n) is 8.66. The Kier molecular flexibility index (Phi) is 6.17. The van der Waals surface area contributed by atoms with Crippen molar-refractivity contribution in [1.29, 1.82) is 0 Å². The lowest BCUT2D eigenvalue weighted by Crippen LogP contribution is -2.31. The van der Waals surface area contributed by atoms with Gasteiger partial charge in [-0.25, -0.2) is 18.4 Å². The maximum Gasteiger partial charge on any atom is 0.261 e. The average molecular weight is 483 g/mol. The van der Waals surface area contributed by atoms with Gasteiger partial charge in [0.1, 0.15) is 9.84 Å². The Bertz CT molecular complexity index is 1380. The standard InChI is InChI=1S/C22H26N8O3S/c1-14(2)22(3,17-5-6-18(24-12-17)15-9-25-21(23)26-10-15)20-28-19(33-29-20)16-11-27-30(13-16)7-8-34(4,31)32/h5-6,9-14H,7-8H2,1-4H3,(H2,23,25,26)/t22-/m1/s1. The SMILES string of the molecule is CC(C)[C@](C)(c1ccc(-c2cnc(N)nc2)nc1)c1noc(-c2cnn(CCS(C)(=O)=O)c2)n1. The van der Waals surface area contributed by atoms with Gasteiger partial charge >= 0.3 is 0 Å². The lowest BCUT2D eigenvalue weighted by molar-refractivity contribution is 0.350. The van der Waals surface area contributed by atoms with Crippen molar-refractivity contribution in [3.8, 4) is 22.7 Å². The Balaban J connectivity index is 1.60. The summed E-state index contributed by atoms with van der Waals surface area (Å²) < 4.78 is 29.9. The molecule has 34 heavy (non-hydrogen) atoms. The van der Waals surface area contributed by atoms with Crippen LogP contribution in [0.1, 0.15) is 32.2 Å². The smallest absolute Gasteiger partial charge is 0.261 e. The lowest BCUT2D eigenvalue weighted by Gasteiger charge is -2.30. The second-order valence-corrected chi connectivity index (χ2v) is 10.9. The zero-order chi connectivity index (χ0) is 24.5. The van der Waals surface area contributed by atoms with Crippen LogP contribution in [0.25, 0.3) is 22.7 Å². The summed E-state index contributed by atoms with van der Waals surface area (Å²) in [6.45, 7) is 6.47. The Morgan fingerprint density at radius 1 is 1.09 bits per heavy atom. The summed E-state index contributed by atoms with van der Waals surface area (Å²) in [6.07, 6.45) is 9.53. The highest BCUT2D eigenvalue weighted by Crippen LogP contribution is 2.38. The van der Waals surface area contributed by atoms with Crippen LogP contribution in [0.2, 0.25) is 0 Å². The number of nitrogens with two attached hydrogens (primary N) is 1. The summed E-state index contributed by atoms with van der Waals surface area (Å²) in [5.41, 5.74) is 8.04. The zero-order valence-corrected chi connectivity index (χ0v) is 20.2. The molecule has 0 aliphatic heterocycles. The van der Waals surface area contributed by atoms with Crippen molar-refractivity contribution >= 4 is 15.8 Å². The van der Waals surface area contributed by atoms with Gasteiger partial charge in [-0.05, 0) is 24.5 Å². The number of anilines is 1. The molecule has 0 saturated heterocycles. The van der Waals surface area contributed by atoms with E-state index in [4.69, 9.17) is 10.3 Å². The third-order valence-corrected chi connectivity index (χ3v) is 6.87. The summed E-state index contributed by atoms with van der Waals surface area (Å²) in [5, 5.41) is 8.47. The van der Waals surface area contributed by atoms with Gasteiger partial charge in [0.15, 0.2) is 5.82 Å². The molecule has 0 aromatic carbocycles. The van der Waals surface area contributed by atoms with Crippen LogP contribution >= 0.6 is 0 Å². The molecule has 0 aliphatic rings. The first-order valence-electron chi connectivity index (χ1n) is 10.7. The highest BCUT2D eigenvalue weighted by molar-refractivity contribution is 7.90. The maximum absolute atomic E-state index is 11.4. The van der Waals surface area contributed by atoms with E-state index in [-0.39, 0.29) is 24.2 Å². The van der Waals surface area contributed by atoms with Crippen molar-refractivity contribution in [3.63, 3.8) is 0 Å². The topological polar surface area (TPSA) is 156 Å². The second kappa shape index (κ2) is 8.93. The Labute approximate surface area is 197 Å². The van der Waals surface area contributed by atoms with E-state index in [1.807, 2.05) is 19.1 Å². The number of nitrogen functional groups attached to an aromatic ring is 1. The van der Waals surface area contributed by atoms with Crippen LogP contribution in [0, 0.1) is 5.92 Å². The molecular weight excluding hydrogens is 456 g/mol. The molecule has 11 nitrogen and oxygen atoms in total. The molecule has 12 heteroatoms. The van der Waals surface area contributed by atoms with Crippen molar-refractivity contribution in [2.75, 3.05) is 17.7 Å². The van der Waals surface area contributed by atoms with Gasteiger partial charge in [0.2, 0.25) is 5.95 Å². The average Bonchev–Trinajstić information content (AvgIpc) is 3.47. The first kappa shape index (κ1) is 23.5. The van der Waals surface area contributed by atoms with Crippen molar-refractivity contribution < 1.29 is 12.9 Å². The molecular formula is C22H26N8O3S. The van der Waals surface area contributed by atoms with Gasteiger partial charge in [0, 0.05) is 36.6 Å². The molecule has 0 fully saturated rings. The number of rotatable bonds is 8. The van der Waals surface area contributed by atoms with Crippen LogP contribution in [0.4, 0.5) is 5.95 Å². The third kappa shape index (κ3) is 4.81. The van der Waals surface area contributed by atoms with E-state index < -0.39 is 15.3 Å². The van der Waals surface area contributed by atoms with Crippen LogP contribution in [-0.4, -0.2) is 55.3 Å². The quantitative estimate of drug-likeness (QED) is 0.395. The highest BCUT2D eigenvalue weighted by Gasteiger charge is 2.38. The number of aryl methyl sites for hydroxylation is 1. The van der Waals surface area contributed by atoms with Crippen molar-refractivity contribution in [1.82, 2.24) is 34.9 Å². The summed E-state index contributed by atoms with van der Waals surface area (Å²) in [5.74, 6) is 1.17. The maximum atomic E-state index is 11.4. The molecule has 0 aliphatic carbocycles. The number of sulfone groups is 1. The van der Waals surface area contributed by atoms with E-state index in [1.54, 1.807) is 35.7 Å². The minimum atomic E-state index is -3.09. The molecule has 0 radical (unpaired) electrons. The number of hydrogen-bond acceptors (Lipinski definition) is 10. The minimum absolute atomic E-state index is 0.000110. The van der Waals surface area contributed by atoms with Gasteiger partial charge < -0.3 is 10.3 Å². The summed E-state index contributed by atoms with van der Waals surface area (Å²) >= 11 is 0. The molecule has 0 bridgehead atoms. The molecule has 0 amide bonds. The Hall–Kier alpha value is -3.67. The van der Waals surface area contributed by atoms with Crippen LogP contribution in [0.15, 0.2) is 47.6 Å². The van der Waals surface area contributed by atoms with E-state index in [0.29, 0.717) is 17.3 Å². The van der Waals surface area contributed by atoms with Crippen LogP contribution in [0.3, 0.4) is 0 Å². The molecule has 178 valence electrons. The molecule has 2 N–H and O–H groups in total. The van der Waals surface area contributed by atoms with Gasteiger partial charge in [0.25, 0.3) is 5.89 Å². The first-order chi connectivity index (χ1) is 16.1. The normalized spacial score (nSPS) is 13.8. The molecule has 0 spiro atoms. The lowest BCUT2D eigenvalue weighted by atomic mass is 9.73. The predicted molar refractivity (Wildman–Crippen MR) is 126 cm³/mol. The third-order valence-electron chi connectivity index (χ3n) is 5.95. The fourth-order valence-electron chi connectivity index (χ4n) is 3.47. The first-order valence-corrected chi connectivity index (χ1v) is 12.7. The summed E-state index contributed by atoms with van der Waals surface area (Å²) in [7, 11) is -3.09. The van der Waals surface area contributed by atoms with Gasteiger partial charge in [-0.2, -0.15) is 10.1 Å². The van der Waals surface area contributed by atoms with Gasteiger partial charge in [-0.3, -0.25) is 9.67 Å². The molecule has 4 rings (SSSR count). The van der Waals surface area contributed by atoms with E-state index in [2.05, 4.69) is 44.0 Å². The van der Waals surface area contributed by atoms with E-state index >= 15 is 0 Å². The van der Waals surface area contributed by atoms with E-state index in [1.165, 1.54) is 6.26 Å². The summed E-state index contributed by atoms with van der Waals surface area (Å²) in [6, 6.07) is 3.88. The Morgan fingerprint density at radius 2 is 1.82 bits per heavy atom. The van der Waals surface area contributed by atoms with Crippen molar-refractivity contribution in [2.45, 2.75) is 32.7 Å². The van der Waals surface area contributed by atoms with Crippen molar-refractivity contribution in [2.24, 2.45) is 5.92 Å².